The van der Waals surface area contributed by atoms with E-state index in [2.05, 4.69) is 0 Å². The normalized spacial score (nSPS) is 28.6. The maximum atomic E-state index is 10.9. The van der Waals surface area contributed by atoms with Gasteiger partial charge in [-0.15, -0.1) is 0 Å². The molecule has 1 aliphatic heterocycles. The van der Waals surface area contributed by atoms with Gasteiger partial charge in [0.05, 0.1) is 5.92 Å². The van der Waals surface area contributed by atoms with E-state index in [1.54, 1.807) is 0 Å². The van der Waals surface area contributed by atoms with Gasteiger partial charge in [-0.2, -0.15) is 0 Å². The summed E-state index contributed by atoms with van der Waals surface area (Å²) in [5, 5.41) is 8.26. The Kier molecular flexibility index (Phi) is 3.14. The second-order valence-electron chi connectivity index (χ2n) is 3.41. The van der Waals surface area contributed by atoms with Crippen molar-refractivity contribution < 1.29 is 14.7 Å². The predicted molar refractivity (Wildman–Crippen MR) is 47.7 cm³/mol. The molecule has 0 aromatic carbocycles. The van der Waals surface area contributed by atoms with E-state index in [0.29, 0.717) is 13.0 Å². The lowest BCUT2D eigenvalue weighted by atomic mass is 9.88. The molecule has 13 heavy (non-hydrogen) atoms. The van der Waals surface area contributed by atoms with Crippen molar-refractivity contribution in [1.82, 2.24) is 4.90 Å². The number of piperidine rings is 1. The molecular formula is C8H12ClNO3. The Bertz CT molecular complexity index is 231. The number of hydrogen-bond acceptors (Lipinski definition) is 2. The smallest absolute Gasteiger partial charge is 0.407 e. The van der Waals surface area contributed by atoms with Crippen LogP contribution < -0.4 is 0 Å². The minimum absolute atomic E-state index is 0.181. The van der Waals surface area contributed by atoms with E-state index in [-0.39, 0.29) is 18.4 Å². The van der Waals surface area contributed by atoms with Crippen LogP contribution in [0.5, 0.6) is 0 Å². The third-order valence-electron chi connectivity index (χ3n) is 2.52. The Balaban J connectivity index is 2.63. The highest BCUT2D eigenvalue weighted by Gasteiger charge is 2.32. The molecule has 2 unspecified atom stereocenters. The van der Waals surface area contributed by atoms with Crippen LogP contribution in [0.15, 0.2) is 0 Å². The summed E-state index contributed by atoms with van der Waals surface area (Å²) in [5.41, 5.74) is 0. The molecule has 1 amide bonds. The largest absolute Gasteiger partial charge is 0.465 e. The van der Waals surface area contributed by atoms with Gasteiger partial charge in [0.1, 0.15) is 0 Å². The molecule has 0 aromatic rings. The highest BCUT2D eigenvalue weighted by atomic mass is 35.5. The van der Waals surface area contributed by atoms with Gasteiger partial charge in [0.15, 0.2) is 0 Å². The quantitative estimate of drug-likeness (QED) is 0.659. The van der Waals surface area contributed by atoms with Crippen molar-refractivity contribution in [3.05, 3.63) is 0 Å². The Labute approximate surface area is 81.5 Å². The number of carboxylic acid groups (broad SMARTS) is 1. The van der Waals surface area contributed by atoms with Crippen molar-refractivity contribution in [3.8, 4) is 0 Å². The molecular weight excluding hydrogens is 194 g/mol. The lowest BCUT2D eigenvalue weighted by Gasteiger charge is -2.33. The Hall–Kier alpha value is -0.770. The van der Waals surface area contributed by atoms with Crippen LogP contribution in [-0.2, 0) is 4.79 Å². The number of carbonyl (C=O) groups excluding carboxylic acids is 1. The van der Waals surface area contributed by atoms with Gasteiger partial charge in [-0.3, -0.25) is 4.79 Å². The number of hydrogen-bond donors (Lipinski definition) is 1. The average Bonchev–Trinajstić information content (AvgIpc) is 2.04. The van der Waals surface area contributed by atoms with Crippen molar-refractivity contribution in [1.29, 1.82) is 0 Å². The second-order valence-corrected chi connectivity index (χ2v) is 3.78. The van der Waals surface area contributed by atoms with Crippen LogP contribution in [0.4, 0.5) is 4.79 Å². The van der Waals surface area contributed by atoms with Crippen LogP contribution in [0.3, 0.4) is 0 Å². The molecule has 1 N–H and O–H groups in total. The molecule has 1 rings (SSSR count). The molecule has 74 valence electrons. The van der Waals surface area contributed by atoms with Gasteiger partial charge in [-0.05, 0) is 23.9 Å². The zero-order valence-electron chi connectivity index (χ0n) is 7.36. The van der Waals surface area contributed by atoms with Crippen molar-refractivity contribution in [3.63, 3.8) is 0 Å². The molecule has 4 nitrogen and oxygen atoms in total. The summed E-state index contributed by atoms with van der Waals surface area (Å²) in [7, 11) is 0. The van der Waals surface area contributed by atoms with Crippen LogP contribution in [0.1, 0.15) is 13.3 Å². The van der Waals surface area contributed by atoms with E-state index in [1.807, 2.05) is 6.92 Å². The first-order valence-electron chi connectivity index (χ1n) is 4.19. The van der Waals surface area contributed by atoms with Crippen LogP contribution in [-0.4, -0.2) is 34.4 Å². The number of rotatable bonds is 1. The first-order chi connectivity index (χ1) is 6.02. The van der Waals surface area contributed by atoms with Crippen molar-refractivity contribution in [2.45, 2.75) is 13.3 Å². The minimum Gasteiger partial charge on any atom is -0.465 e. The van der Waals surface area contributed by atoms with E-state index >= 15 is 0 Å². The fourth-order valence-corrected chi connectivity index (χ4v) is 1.82. The lowest BCUT2D eigenvalue weighted by Crippen LogP contribution is -2.44. The van der Waals surface area contributed by atoms with Crippen molar-refractivity contribution in [2.75, 3.05) is 13.1 Å². The number of halogens is 1. The SMILES string of the molecule is CC1CCN(C(=O)O)CC1C(=O)Cl. The first kappa shape index (κ1) is 10.3. The molecule has 0 saturated carbocycles. The van der Waals surface area contributed by atoms with E-state index in [0.717, 1.165) is 0 Å². The molecule has 0 spiro atoms. The topological polar surface area (TPSA) is 57.6 Å². The molecule has 0 radical (unpaired) electrons. The Morgan fingerprint density at radius 2 is 2.15 bits per heavy atom. The van der Waals surface area contributed by atoms with Gasteiger partial charge in [0.2, 0.25) is 5.24 Å². The zero-order valence-corrected chi connectivity index (χ0v) is 8.12. The maximum Gasteiger partial charge on any atom is 0.407 e. The Morgan fingerprint density at radius 3 is 2.62 bits per heavy atom. The second kappa shape index (κ2) is 3.96. The lowest BCUT2D eigenvalue weighted by molar-refractivity contribution is -0.117. The van der Waals surface area contributed by atoms with E-state index < -0.39 is 11.3 Å². The monoisotopic (exact) mass is 205 g/mol. The van der Waals surface area contributed by atoms with Gasteiger partial charge < -0.3 is 10.0 Å². The maximum absolute atomic E-state index is 10.9. The molecule has 1 saturated heterocycles. The van der Waals surface area contributed by atoms with Crippen LogP contribution in [0.2, 0.25) is 0 Å². The first-order valence-corrected chi connectivity index (χ1v) is 4.57. The number of likely N-dealkylation sites (tertiary alicyclic amines) is 1. The highest BCUT2D eigenvalue weighted by Crippen LogP contribution is 2.24. The fraction of sp³-hybridized carbons (Fsp3) is 0.750. The van der Waals surface area contributed by atoms with Gasteiger partial charge in [0.25, 0.3) is 0 Å². The predicted octanol–water partition coefficient (Wildman–Crippen LogP) is 1.39. The minimum atomic E-state index is -0.977. The third-order valence-corrected chi connectivity index (χ3v) is 2.80. The van der Waals surface area contributed by atoms with E-state index in [4.69, 9.17) is 16.7 Å². The highest BCUT2D eigenvalue weighted by molar-refractivity contribution is 6.64. The van der Waals surface area contributed by atoms with Crippen molar-refractivity contribution >= 4 is 22.9 Å². The summed E-state index contributed by atoms with van der Waals surface area (Å²) >= 11 is 5.36. The zero-order chi connectivity index (χ0) is 10.0. The molecule has 1 aliphatic rings. The summed E-state index contributed by atoms with van der Waals surface area (Å²) < 4.78 is 0. The van der Waals surface area contributed by atoms with Gasteiger partial charge >= 0.3 is 6.09 Å². The fourth-order valence-electron chi connectivity index (χ4n) is 1.54. The third kappa shape index (κ3) is 2.34. The van der Waals surface area contributed by atoms with E-state index in [9.17, 15) is 9.59 Å². The van der Waals surface area contributed by atoms with Gasteiger partial charge in [-0.25, -0.2) is 4.79 Å². The van der Waals surface area contributed by atoms with Gasteiger partial charge in [-0.1, -0.05) is 6.92 Å². The number of amides is 1. The molecule has 2 atom stereocenters. The molecule has 1 fully saturated rings. The molecule has 5 heteroatoms. The Morgan fingerprint density at radius 1 is 1.54 bits per heavy atom. The standard InChI is InChI=1S/C8H12ClNO3/c1-5-2-3-10(8(12)13)4-6(5)7(9)11/h5-6H,2-4H2,1H3,(H,12,13). The van der Waals surface area contributed by atoms with E-state index in [1.165, 1.54) is 4.90 Å². The average molecular weight is 206 g/mol. The summed E-state index contributed by atoms with van der Waals surface area (Å²) in [6, 6.07) is 0. The molecule has 1 heterocycles. The number of nitrogens with zero attached hydrogens (tertiary/aromatic N) is 1. The molecule has 0 aromatic heterocycles. The summed E-state index contributed by atoms with van der Waals surface area (Å²) in [6.45, 7) is 2.65. The number of carbonyl (C=O) groups is 2. The van der Waals surface area contributed by atoms with Crippen LogP contribution in [0.25, 0.3) is 0 Å². The summed E-state index contributed by atoms with van der Waals surface area (Å²) in [6.07, 6.45) is -0.273. The summed E-state index contributed by atoms with van der Waals surface area (Å²) in [5.74, 6) is -0.160. The van der Waals surface area contributed by atoms with Crippen LogP contribution >= 0.6 is 11.6 Å². The summed E-state index contributed by atoms with van der Waals surface area (Å²) in [4.78, 5) is 22.8. The molecule has 0 bridgehead atoms. The van der Waals surface area contributed by atoms with Crippen LogP contribution in [0, 0.1) is 11.8 Å². The van der Waals surface area contributed by atoms with Crippen molar-refractivity contribution in [2.24, 2.45) is 11.8 Å². The molecule has 0 aliphatic carbocycles. The van der Waals surface area contributed by atoms with Gasteiger partial charge in [0, 0.05) is 13.1 Å².